The van der Waals surface area contributed by atoms with Crippen molar-refractivity contribution in [3.63, 3.8) is 0 Å². The van der Waals surface area contributed by atoms with Crippen LogP contribution in [0.15, 0.2) is 12.2 Å². The van der Waals surface area contributed by atoms with Gasteiger partial charge in [0, 0.05) is 45.2 Å². The third kappa shape index (κ3) is 4.32. The molecule has 2 aliphatic rings. The van der Waals surface area contributed by atoms with Gasteiger partial charge in [-0.3, -0.25) is 9.59 Å². The molecule has 2 fully saturated rings. The van der Waals surface area contributed by atoms with Crippen molar-refractivity contribution < 1.29 is 9.59 Å². The van der Waals surface area contributed by atoms with E-state index in [1.807, 2.05) is 30.0 Å². The molecule has 0 aromatic rings. The van der Waals surface area contributed by atoms with E-state index in [4.69, 9.17) is 0 Å². The summed E-state index contributed by atoms with van der Waals surface area (Å²) in [4.78, 5) is 30.2. The third-order valence-corrected chi connectivity index (χ3v) is 4.78. The van der Waals surface area contributed by atoms with Crippen molar-refractivity contribution in [1.82, 2.24) is 14.7 Å². The van der Waals surface area contributed by atoms with Gasteiger partial charge in [0.15, 0.2) is 0 Å². The van der Waals surface area contributed by atoms with Crippen molar-refractivity contribution in [2.24, 2.45) is 5.92 Å². The van der Waals surface area contributed by atoms with Crippen LogP contribution in [-0.2, 0) is 9.59 Å². The Morgan fingerprint density at radius 2 is 1.95 bits per heavy atom. The van der Waals surface area contributed by atoms with Gasteiger partial charge in [0.2, 0.25) is 11.8 Å². The predicted molar refractivity (Wildman–Crippen MR) is 87.4 cm³/mol. The molecule has 0 radical (unpaired) electrons. The van der Waals surface area contributed by atoms with Crippen LogP contribution in [0.1, 0.15) is 32.6 Å². The van der Waals surface area contributed by atoms with E-state index in [0.717, 1.165) is 51.9 Å². The van der Waals surface area contributed by atoms with Gasteiger partial charge in [-0.25, -0.2) is 0 Å². The van der Waals surface area contributed by atoms with Gasteiger partial charge in [0.25, 0.3) is 0 Å². The van der Waals surface area contributed by atoms with E-state index in [2.05, 4.69) is 4.90 Å². The Morgan fingerprint density at radius 1 is 1.18 bits per heavy atom. The summed E-state index contributed by atoms with van der Waals surface area (Å²) in [6.07, 6.45) is 7.92. The molecule has 0 aromatic carbocycles. The first kappa shape index (κ1) is 17.0. The molecule has 0 unspecified atom stereocenters. The molecule has 0 saturated carbocycles. The van der Waals surface area contributed by atoms with E-state index in [1.165, 1.54) is 0 Å². The highest BCUT2D eigenvalue weighted by Crippen LogP contribution is 2.30. The number of likely N-dealkylation sites (N-methyl/N-ethyl adjacent to an activating group) is 1. The number of carbonyl (C=O) groups excluding carboxylic acids is 2. The summed E-state index contributed by atoms with van der Waals surface area (Å²) in [6, 6.07) is 0.301. The summed E-state index contributed by atoms with van der Waals surface area (Å²) in [5.41, 5.74) is 0. The van der Waals surface area contributed by atoms with Crippen LogP contribution in [0.25, 0.3) is 0 Å². The summed E-state index contributed by atoms with van der Waals surface area (Å²) in [7, 11) is 3.99. The molecule has 5 nitrogen and oxygen atoms in total. The van der Waals surface area contributed by atoms with E-state index >= 15 is 0 Å². The number of piperidine rings is 1. The Labute approximate surface area is 133 Å². The number of rotatable bonds is 3. The smallest absolute Gasteiger partial charge is 0.246 e. The van der Waals surface area contributed by atoms with Gasteiger partial charge in [-0.15, -0.1) is 0 Å². The molecule has 0 aromatic heterocycles. The van der Waals surface area contributed by atoms with Gasteiger partial charge in [-0.2, -0.15) is 0 Å². The normalized spacial score (nSPS) is 26.2. The molecule has 0 spiro atoms. The van der Waals surface area contributed by atoms with Gasteiger partial charge >= 0.3 is 0 Å². The molecule has 0 N–H and O–H groups in total. The number of hydrogen-bond donors (Lipinski definition) is 0. The standard InChI is InChI=1S/C17H29N3O2/c1-14(21)19-12-9-16-15(13-19)7-4-5-11-20(16)17(22)8-6-10-18(2)3/h6,8,15-16H,4-5,7,9-13H2,1-3H3/t15-,16-/m1/s1. The molecule has 2 rings (SSSR count). The first-order valence-electron chi connectivity index (χ1n) is 8.36. The highest BCUT2D eigenvalue weighted by Gasteiger charge is 2.36. The number of amides is 2. The SMILES string of the molecule is CC(=O)N1CC[C@@H]2[C@H](CCCCN2C(=O)C=CCN(C)C)C1. The van der Waals surface area contributed by atoms with Crippen LogP contribution in [-0.4, -0.2) is 72.8 Å². The summed E-state index contributed by atoms with van der Waals surface area (Å²) >= 11 is 0. The number of fused-ring (bicyclic) bond motifs is 1. The van der Waals surface area contributed by atoms with Gasteiger partial charge < -0.3 is 14.7 Å². The second kappa shape index (κ2) is 7.77. The maximum atomic E-state index is 12.5. The second-order valence-electron chi connectivity index (χ2n) is 6.77. The topological polar surface area (TPSA) is 43.9 Å². The number of hydrogen-bond acceptors (Lipinski definition) is 3. The molecule has 5 heteroatoms. The predicted octanol–water partition coefficient (Wildman–Crippen LogP) is 1.35. The number of carbonyl (C=O) groups is 2. The molecule has 2 heterocycles. The van der Waals surface area contributed by atoms with Crippen molar-refractivity contribution >= 4 is 11.8 Å². The van der Waals surface area contributed by atoms with E-state index < -0.39 is 0 Å². The van der Waals surface area contributed by atoms with Crippen molar-refractivity contribution in [3.8, 4) is 0 Å². The van der Waals surface area contributed by atoms with Crippen molar-refractivity contribution in [2.75, 3.05) is 40.3 Å². The minimum atomic E-state index is 0.134. The number of likely N-dealkylation sites (tertiary alicyclic amines) is 2. The lowest BCUT2D eigenvalue weighted by atomic mass is 9.88. The zero-order valence-electron chi connectivity index (χ0n) is 14.1. The van der Waals surface area contributed by atoms with Crippen molar-refractivity contribution in [1.29, 1.82) is 0 Å². The van der Waals surface area contributed by atoms with Crippen LogP contribution >= 0.6 is 0 Å². The molecular weight excluding hydrogens is 278 g/mol. The summed E-state index contributed by atoms with van der Waals surface area (Å²) in [6.45, 7) is 4.87. The number of nitrogens with zero attached hydrogens (tertiary/aromatic N) is 3. The van der Waals surface area contributed by atoms with Crippen molar-refractivity contribution in [3.05, 3.63) is 12.2 Å². The molecular formula is C17H29N3O2. The lowest BCUT2D eigenvalue weighted by Gasteiger charge is -2.42. The zero-order chi connectivity index (χ0) is 16.1. The minimum absolute atomic E-state index is 0.134. The lowest BCUT2D eigenvalue weighted by molar-refractivity contribution is -0.134. The summed E-state index contributed by atoms with van der Waals surface area (Å²) in [5, 5.41) is 0. The van der Waals surface area contributed by atoms with E-state index in [1.54, 1.807) is 13.0 Å². The fourth-order valence-corrected chi connectivity index (χ4v) is 3.59. The van der Waals surface area contributed by atoms with Crippen LogP contribution in [0.4, 0.5) is 0 Å². The zero-order valence-corrected chi connectivity index (χ0v) is 14.1. The lowest BCUT2D eigenvalue weighted by Crippen LogP contribution is -2.52. The maximum absolute atomic E-state index is 12.5. The van der Waals surface area contributed by atoms with Crippen molar-refractivity contribution in [2.45, 2.75) is 38.6 Å². The maximum Gasteiger partial charge on any atom is 0.246 e. The Kier molecular flexibility index (Phi) is 6.00. The highest BCUT2D eigenvalue weighted by atomic mass is 16.2. The molecule has 2 amide bonds. The monoisotopic (exact) mass is 307 g/mol. The van der Waals surface area contributed by atoms with E-state index in [-0.39, 0.29) is 11.8 Å². The Bertz CT molecular complexity index is 434. The summed E-state index contributed by atoms with van der Waals surface area (Å²) in [5.74, 6) is 0.729. The first-order chi connectivity index (χ1) is 10.5. The van der Waals surface area contributed by atoms with Gasteiger partial charge in [-0.05, 0) is 39.3 Å². The van der Waals surface area contributed by atoms with Crippen LogP contribution in [0.3, 0.4) is 0 Å². The van der Waals surface area contributed by atoms with Crippen LogP contribution < -0.4 is 0 Å². The first-order valence-corrected chi connectivity index (χ1v) is 8.36. The molecule has 0 aliphatic carbocycles. The second-order valence-corrected chi connectivity index (χ2v) is 6.77. The van der Waals surface area contributed by atoms with E-state index in [0.29, 0.717) is 12.0 Å². The quantitative estimate of drug-likeness (QED) is 0.739. The molecule has 2 saturated heterocycles. The molecule has 2 aliphatic heterocycles. The van der Waals surface area contributed by atoms with Gasteiger partial charge in [0.1, 0.15) is 0 Å². The molecule has 0 bridgehead atoms. The largest absolute Gasteiger partial charge is 0.343 e. The third-order valence-electron chi connectivity index (χ3n) is 4.78. The molecule has 22 heavy (non-hydrogen) atoms. The minimum Gasteiger partial charge on any atom is -0.343 e. The summed E-state index contributed by atoms with van der Waals surface area (Å²) < 4.78 is 0. The Morgan fingerprint density at radius 3 is 2.64 bits per heavy atom. The molecule has 2 atom stereocenters. The van der Waals surface area contributed by atoms with Gasteiger partial charge in [-0.1, -0.05) is 12.5 Å². The van der Waals surface area contributed by atoms with Crippen LogP contribution in [0.5, 0.6) is 0 Å². The Balaban J connectivity index is 2.03. The molecule has 124 valence electrons. The fourth-order valence-electron chi connectivity index (χ4n) is 3.59. The average Bonchev–Trinajstić information content (AvgIpc) is 2.68. The highest BCUT2D eigenvalue weighted by molar-refractivity contribution is 5.88. The van der Waals surface area contributed by atoms with Crippen LogP contribution in [0.2, 0.25) is 0 Å². The average molecular weight is 307 g/mol. The van der Waals surface area contributed by atoms with Gasteiger partial charge in [0.05, 0.1) is 0 Å². The van der Waals surface area contributed by atoms with E-state index in [9.17, 15) is 9.59 Å². The Hall–Kier alpha value is -1.36. The van der Waals surface area contributed by atoms with Crippen LogP contribution in [0, 0.1) is 5.92 Å². The fraction of sp³-hybridized carbons (Fsp3) is 0.765.